The Kier molecular flexibility index (Phi) is 10.0. The predicted molar refractivity (Wildman–Crippen MR) is 162 cm³/mol. The SMILES string of the molecule is CCOC(=O)N1CCN(C(=O)C(Cc2ccc(C#N)cc2)NC(=O)c2cc(OC3CCCC3)nc(-c3ccccc3)n2)CC1. The molecule has 3 aromatic rings. The highest BCUT2D eigenvalue weighted by molar-refractivity contribution is 5.96. The minimum atomic E-state index is -0.918. The molecule has 0 bridgehead atoms. The molecule has 228 valence electrons. The molecular formula is C33H36N6O5. The number of aromatic nitrogens is 2. The molecule has 3 amide bonds. The van der Waals surface area contributed by atoms with Gasteiger partial charge in [-0.1, -0.05) is 42.5 Å². The molecule has 2 aliphatic rings. The van der Waals surface area contributed by atoms with Crippen LogP contribution in [0.5, 0.6) is 5.88 Å². The standard InChI is InChI=1S/C33H36N6O5/c1-2-43-33(42)39-18-16-38(17-19-39)32(41)28(20-23-12-14-24(22-34)15-13-23)36-31(40)27-21-29(44-26-10-6-7-11-26)37-30(35-27)25-8-4-3-5-9-25/h3-5,8-9,12-15,21,26,28H,2,6-7,10-11,16-20H2,1H3,(H,36,40). The largest absolute Gasteiger partial charge is 0.474 e. The van der Waals surface area contributed by atoms with Crippen molar-refractivity contribution in [3.63, 3.8) is 0 Å². The van der Waals surface area contributed by atoms with Crippen molar-refractivity contribution in [3.05, 3.63) is 77.5 Å². The second kappa shape index (κ2) is 14.5. The third-order valence-corrected chi connectivity index (χ3v) is 7.80. The highest BCUT2D eigenvalue weighted by Crippen LogP contribution is 2.25. The van der Waals surface area contributed by atoms with E-state index in [1.54, 1.807) is 41.0 Å². The van der Waals surface area contributed by atoms with Gasteiger partial charge in [0, 0.05) is 44.2 Å². The zero-order valence-corrected chi connectivity index (χ0v) is 24.8. The first kappa shape index (κ1) is 30.5. The monoisotopic (exact) mass is 596 g/mol. The summed E-state index contributed by atoms with van der Waals surface area (Å²) in [6, 6.07) is 19.0. The van der Waals surface area contributed by atoms with Gasteiger partial charge in [-0.25, -0.2) is 9.78 Å². The molecule has 0 spiro atoms. The van der Waals surface area contributed by atoms with Crippen molar-refractivity contribution in [1.29, 1.82) is 5.26 Å². The lowest BCUT2D eigenvalue weighted by molar-refractivity contribution is -0.134. The molecule has 1 N–H and O–H groups in total. The van der Waals surface area contributed by atoms with Gasteiger partial charge in [0.05, 0.1) is 18.2 Å². The maximum absolute atomic E-state index is 13.8. The summed E-state index contributed by atoms with van der Waals surface area (Å²) < 4.78 is 11.3. The van der Waals surface area contributed by atoms with E-state index in [0.717, 1.165) is 36.8 Å². The Morgan fingerprint density at radius 2 is 1.66 bits per heavy atom. The summed E-state index contributed by atoms with van der Waals surface area (Å²) in [5, 5.41) is 12.1. The van der Waals surface area contributed by atoms with E-state index in [9.17, 15) is 19.6 Å². The molecule has 2 fully saturated rings. The molecule has 1 unspecified atom stereocenters. The lowest BCUT2D eigenvalue weighted by Gasteiger charge is -2.36. The summed E-state index contributed by atoms with van der Waals surface area (Å²) in [7, 11) is 0. The van der Waals surface area contributed by atoms with Crippen LogP contribution < -0.4 is 10.1 Å². The van der Waals surface area contributed by atoms with Gasteiger partial charge in [0.1, 0.15) is 17.8 Å². The fourth-order valence-corrected chi connectivity index (χ4v) is 5.42. The van der Waals surface area contributed by atoms with Crippen LogP contribution in [0.4, 0.5) is 4.79 Å². The van der Waals surface area contributed by atoms with Crippen molar-refractivity contribution in [2.45, 2.75) is 51.2 Å². The van der Waals surface area contributed by atoms with Gasteiger partial charge in [-0.3, -0.25) is 9.59 Å². The van der Waals surface area contributed by atoms with Gasteiger partial charge in [-0.2, -0.15) is 10.2 Å². The number of nitriles is 1. The lowest BCUT2D eigenvalue weighted by Crippen LogP contribution is -2.56. The Hall–Kier alpha value is -4.98. The van der Waals surface area contributed by atoms with Crippen molar-refractivity contribution < 1.29 is 23.9 Å². The molecule has 1 saturated carbocycles. The van der Waals surface area contributed by atoms with Crippen LogP contribution in [-0.4, -0.2) is 82.6 Å². The molecule has 2 heterocycles. The molecule has 1 atom stereocenters. The average Bonchev–Trinajstić information content (AvgIpc) is 3.58. The lowest BCUT2D eigenvalue weighted by atomic mass is 10.0. The molecule has 1 aliphatic carbocycles. The van der Waals surface area contributed by atoms with Crippen LogP contribution in [0.3, 0.4) is 0 Å². The van der Waals surface area contributed by atoms with Crippen LogP contribution in [0, 0.1) is 11.3 Å². The van der Waals surface area contributed by atoms with E-state index in [4.69, 9.17) is 9.47 Å². The van der Waals surface area contributed by atoms with Crippen LogP contribution in [0.25, 0.3) is 11.4 Å². The molecule has 5 rings (SSSR count). The first-order valence-electron chi connectivity index (χ1n) is 15.0. The number of hydrogen-bond acceptors (Lipinski definition) is 8. The number of nitrogens with one attached hydrogen (secondary N) is 1. The molecule has 1 aliphatic heterocycles. The Morgan fingerprint density at radius 1 is 0.977 bits per heavy atom. The second-order valence-electron chi connectivity index (χ2n) is 10.9. The minimum absolute atomic E-state index is 0.0309. The normalized spacial score (nSPS) is 15.7. The third-order valence-electron chi connectivity index (χ3n) is 7.80. The second-order valence-corrected chi connectivity index (χ2v) is 10.9. The molecule has 2 aromatic carbocycles. The van der Waals surface area contributed by atoms with Gasteiger partial charge in [0.15, 0.2) is 5.82 Å². The van der Waals surface area contributed by atoms with Gasteiger partial charge in [0.25, 0.3) is 5.91 Å². The summed E-state index contributed by atoms with van der Waals surface area (Å²) in [6.07, 6.45) is 3.85. The molecule has 44 heavy (non-hydrogen) atoms. The molecule has 1 saturated heterocycles. The van der Waals surface area contributed by atoms with E-state index in [1.165, 1.54) is 6.07 Å². The molecule has 1 aromatic heterocycles. The van der Waals surface area contributed by atoms with Crippen LogP contribution in [0.15, 0.2) is 60.7 Å². The number of carbonyl (C=O) groups is 3. The van der Waals surface area contributed by atoms with Crippen molar-refractivity contribution in [2.75, 3.05) is 32.8 Å². The van der Waals surface area contributed by atoms with Crippen molar-refractivity contribution in [3.8, 4) is 23.3 Å². The number of piperazine rings is 1. The maximum atomic E-state index is 13.8. The van der Waals surface area contributed by atoms with Crippen molar-refractivity contribution >= 4 is 17.9 Å². The van der Waals surface area contributed by atoms with Crippen LogP contribution >= 0.6 is 0 Å². The zero-order chi connectivity index (χ0) is 30.9. The Labute approximate surface area is 256 Å². The summed E-state index contributed by atoms with van der Waals surface area (Å²) >= 11 is 0. The van der Waals surface area contributed by atoms with E-state index in [0.29, 0.717) is 43.4 Å². The van der Waals surface area contributed by atoms with E-state index < -0.39 is 18.0 Å². The number of nitrogens with zero attached hydrogens (tertiary/aromatic N) is 5. The van der Waals surface area contributed by atoms with Gasteiger partial charge in [-0.15, -0.1) is 0 Å². The minimum Gasteiger partial charge on any atom is -0.474 e. The smallest absolute Gasteiger partial charge is 0.409 e. The number of benzene rings is 2. The zero-order valence-electron chi connectivity index (χ0n) is 24.8. The van der Waals surface area contributed by atoms with E-state index >= 15 is 0 Å². The van der Waals surface area contributed by atoms with Gasteiger partial charge in [-0.05, 0) is 50.3 Å². The highest BCUT2D eigenvalue weighted by Gasteiger charge is 2.31. The van der Waals surface area contributed by atoms with Gasteiger partial charge < -0.3 is 24.6 Å². The summed E-state index contributed by atoms with van der Waals surface area (Å²) in [5.41, 5.74) is 2.12. The fraction of sp³-hybridized carbons (Fsp3) is 0.394. The van der Waals surface area contributed by atoms with Crippen LogP contribution in [0.1, 0.15) is 54.2 Å². The van der Waals surface area contributed by atoms with E-state index in [1.807, 2.05) is 30.3 Å². The summed E-state index contributed by atoms with van der Waals surface area (Å²) in [6.45, 7) is 3.30. The van der Waals surface area contributed by atoms with Crippen molar-refractivity contribution in [1.82, 2.24) is 25.1 Å². The first-order chi connectivity index (χ1) is 21.4. The van der Waals surface area contributed by atoms with Gasteiger partial charge in [0.2, 0.25) is 11.8 Å². The quantitative estimate of drug-likeness (QED) is 0.392. The van der Waals surface area contributed by atoms with Crippen LogP contribution in [0.2, 0.25) is 0 Å². The Bertz CT molecular complexity index is 1490. The number of hydrogen-bond donors (Lipinski definition) is 1. The van der Waals surface area contributed by atoms with Crippen LogP contribution in [-0.2, 0) is 16.0 Å². The fourth-order valence-electron chi connectivity index (χ4n) is 5.42. The number of rotatable bonds is 9. The number of ether oxygens (including phenoxy) is 2. The first-order valence-corrected chi connectivity index (χ1v) is 15.0. The molecule has 11 nitrogen and oxygen atoms in total. The van der Waals surface area contributed by atoms with Crippen molar-refractivity contribution in [2.24, 2.45) is 0 Å². The molecule has 0 radical (unpaired) electrons. The predicted octanol–water partition coefficient (Wildman–Crippen LogP) is 3.98. The Morgan fingerprint density at radius 3 is 2.32 bits per heavy atom. The average molecular weight is 597 g/mol. The number of amides is 3. The topological polar surface area (TPSA) is 138 Å². The molecular weight excluding hydrogens is 560 g/mol. The number of carbonyl (C=O) groups excluding carboxylic acids is 3. The summed E-state index contributed by atoms with van der Waals surface area (Å²) in [4.78, 5) is 52.2. The van der Waals surface area contributed by atoms with E-state index in [2.05, 4.69) is 21.4 Å². The molecule has 11 heteroatoms. The van der Waals surface area contributed by atoms with E-state index in [-0.39, 0.29) is 30.7 Å². The Balaban J connectivity index is 1.38. The maximum Gasteiger partial charge on any atom is 0.409 e. The third kappa shape index (κ3) is 7.69. The van der Waals surface area contributed by atoms with Gasteiger partial charge >= 0.3 is 6.09 Å². The summed E-state index contributed by atoms with van der Waals surface area (Å²) in [5.74, 6) is -0.124. The highest BCUT2D eigenvalue weighted by atomic mass is 16.6.